The number of halogens is 1. The van der Waals surface area contributed by atoms with Crippen LogP contribution in [-0.2, 0) is 6.42 Å². The normalized spacial score (nSPS) is 10.6. The molecule has 0 bridgehead atoms. The smallest absolute Gasteiger partial charge is 0.110 e. The molecule has 0 aromatic carbocycles. The molecule has 66 valence electrons. The predicted molar refractivity (Wildman–Crippen MR) is 61.6 cm³/mol. The summed E-state index contributed by atoms with van der Waals surface area (Å²) in [5, 5.41) is 1.16. The highest BCUT2D eigenvalue weighted by Crippen LogP contribution is 2.19. The Morgan fingerprint density at radius 2 is 2.23 bits per heavy atom. The maximum atomic E-state index is 4.37. The molecule has 3 heteroatoms. The molecule has 0 amide bonds. The van der Waals surface area contributed by atoms with Gasteiger partial charge >= 0.3 is 0 Å². The highest BCUT2D eigenvalue weighted by atomic mass is 127. The van der Waals surface area contributed by atoms with Crippen LogP contribution in [0.1, 0.15) is 12.5 Å². The molecule has 0 N–H and O–H groups in total. The molecule has 13 heavy (non-hydrogen) atoms. The fourth-order valence-corrected chi connectivity index (χ4v) is 1.93. The van der Waals surface area contributed by atoms with Gasteiger partial charge in [-0.25, -0.2) is 4.98 Å². The number of rotatable bonds is 1. The third-order valence-corrected chi connectivity index (χ3v) is 2.91. The van der Waals surface area contributed by atoms with Gasteiger partial charge < -0.3 is 0 Å². The molecule has 2 aromatic heterocycles. The Kier molecular flexibility index (Phi) is 2.44. The molecule has 0 saturated heterocycles. The number of aryl methyl sites for hydroxylation is 1. The Hall–Kier alpha value is -0.710. The van der Waals surface area contributed by atoms with E-state index in [0.717, 1.165) is 21.0 Å². The second kappa shape index (κ2) is 3.57. The van der Waals surface area contributed by atoms with Gasteiger partial charge in [0.05, 0.1) is 5.52 Å². The number of nitrogens with zero attached hydrogens (tertiary/aromatic N) is 2. The summed E-state index contributed by atoms with van der Waals surface area (Å²) in [6, 6.07) is 4.02. The zero-order valence-electron chi connectivity index (χ0n) is 7.29. The summed E-state index contributed by atoms with van der Waals surface area (Å²) < 4.78 is 1.03. The summed E-state index contributed by atoms with van der Waals surface area (Å²) in [7, 11) is 0. The number of fused-ring (bicyclic) bond motifs is 1. The molecule has 0 fully saturated rings. The van der Waals surface area contributed by atoms with Crippen molar-refractivity contribution in [2.24, 2.45) is 0 Å². The Bertz CT molecular complexity index is 440. The topological polar surface area (TPSA) is 25.8 Å². The van der Waals surface area contributed by atoms with Gasteiger partial charge in [-0.1, -0.05) is 6.92 Å². The van der Waals surface area contributed by atoms with Gasteiger partial charge in [0.1, 0.15) is 3.70 Å². The van der Waals surface area contributed by atoms with Crippen LogP contribution >= 0.6 is 22.6 Å². The van der Waals surface area contributed by atoms with Gasteiger partial charge in [-0.05, 0) is 46.7 Å². The van der Waals surface area contributed by atoms with E-state index in [1.165, 1.54) is 5.56 Å². The van der Waals surface area contributed by atoms with Gasteiger partial charge in [-0.3, -0.25) is 4.98 Å². The highest BCUT2D eigenvalue weighted by Gasteiger charge is 2.03. The minimum Gasteiger partial charge on any atom is -0.256 e. The fourth-order valence-electron chi connectivity index (χ4n) is 1.35. The average molecular weight is 284 g/mol. The molecule has 0 aliphatic rings. The summed E-state index contributed by atoms with van der Waals surface area (Å²) in [6.07, 6.45) is 4.73. The molecule has 0 saturated carbocycles. The van der Waals surface area contributed by atoms with Gasteiger partial charge in [0.15, 0.2) is 0 Å². The third kappa shape index (κ3) is 1.52. The van der Waals surface area contributed by atoms with Crippen molar-refractivity contribution in [1.82, 2.24) is 9.97 Å². The second-order valence-corrected chi connectivity index (χ2v) is 3.85. The van der Waals surface area contributed by atoms with Gasteiger partial charge in [0, 0.05) is 17.8 Å². The van der Waals surface area contributed by atoms with Crippen molar-refractivity contribution in [3.63, 3.8) is 0 Å². The first-order valence-electron chi connectivity index (χ1n) is 4.21. The summed E-state index contributed by atoms with van der Waals surface area (Å²) in [4.78, 5) is 8.69. The van der Waals surface area contributed by atoms with Crippen molar-refractivity contribution in [3.05, 3.63) is 33.8 Å². The largest absolute Gasteiger partial charge is 0.256 e. The quantitative estimate of drug-likeness (QED) is 0.594. The lowest BCUT2D eigenvalue weighted by Crippen LogP contribution is -1.92. The lowest BCUT2D eigenvalue weighted by Gasteiger charge is -2.03. The van der Waals surface area contributed by atoms with Crippen molar-refractivity contribution < 1.29 is 0 Å². The number of hydrogen-bond donors (Lipinski definition) is 0. The van der Waals surface area contributed by atoms with Crippen LogP contribution in [0.2, 0.25) is 0 Å². The summed E-state index contributed by atoms with van der Waals surface area (Å²) in [5.41, 5.74) is 2.31. The minimum absolute atomic E-state index is 0.984. The SMILES string of the molecule is CCc1cnc(I)c2cccnc12. The Balaban J connectivity index is 2.84. The molecule has 0 radical (unpaired) electrons. The van der Waals surface area contributed by atoms with E-state index in [1.807, 2.05) is 18.5 Å². The number of aromatic nitrogens is 2. The van der Waals surface area contributed by atoms with Crippen LogP contribution < -0.4 is 0 Å². The molecule has 2 heterocycles. The predicted octanol–water partition coefficient (Wildman–Crippen LogP) is 2.80. The molecule has 0 unspecified atom stereocenters. The van der Waals surface area contributed by atoms with E-state index in [4.69, 9.17) is 0 Å². The first-order chi connectivity index (χ1) is 6.33. The highest BCUT2D eigenvalue weighted by molar-refractivity contribution is 14.1. The van der Waals surface area contributed by atoms with E-state index < -0.39 is 0 Å². The van der Waals surface area contributed by atoms with Crippen LogP contribution in [0.5, 0.6) is 0 Å². The Labute approximate surface area is 90.5 Å². The minimum atomic E-state index is 0.984. The lowest BCUT2D eigenvalue weighted by atomic mass is 10.1. The van der Waals surface area contributed by atoms with Crippen LogP contribution in [-0.4, -0.2) is 9.97 Å². The van der Waals surface area contributed by atoms with Gasteiger partial charge in [0.2, 0.25) is 0 Å². The van der Waals surface area contributed by atoms with Crippen molar-refractivity contribution >= 4 is 33.5 Å². The molecule has 0 aliphatic heterocycles. The van der Waals surface area contributed by atoms with Gasteiger partial charge in [0.25, 0.3) is 0 Å². The molecule has 2 rings (SSSR count). The maximum absolute atomic E-state index is 4.37. The maximum Gasteiger partial charge on any atom is 0.110 e. The molecule has 0 spiro atoms. The molecule has 2 nitrogen and oxygen atoms in total. The second-order valence-electron chi connectivity index (χ2n) is 2.83. The molecule has 2 aromatic rings. The first kappa shape index (κ1) is 8.87. The van der Waals surface area contributed by atoms with Crippen LogP contribution in [0.3, 0.4) is 0 Å². The number of hydrogen-bond acceptors (Lipinski definition) is 2. The van der Waals surface area contributed by atoms with Crippen LogP contribution in [0, 0.1) is 3.70 Å². The van der Waals surface area contributed by atoms with Crippen LogP contribution in [0.15, 0.2) is 24.5 Å². The third-order valence-electron chi connectivity index (χ3n) is 2.05. The fraction of sp³-hybridized carbons (Fsp3) is 0.200. The van der Waals surface area contributed by atoms with E-state index in [0.29, 0.717) is 0 Å². The van der Waals surface area contributed by atoms with Gasteiger partial charge in [-0.15, -0.1) is 0 Å². The van der Waals surface area contributed by atoms with Crippen LogP contribution in [0.4, 0.5) is 0 Å². The zero-order chi connectivity index (χ0) is 9.26. The van der Waals surface area contributed by atoms with Crippen molar-refractivity contribution in [1.29, 1.82) is 0 Å². The summed E-state index contributed by atoms with van der Waals surface area (Å²) in [6.45, 7) is 2.12. The lowest BCUT2D eigenvalue weighted by molar-refractivity contribution is 1.10. The van der Waals surface area contributed by atoms with E-state index >= 15 is 0 Å². The van der Waals surface area contributed by atoms with Crippen LogP contribution in [0.25, 0.3) is 10.9 Å². The summed E-state index contributed by atoms with van der Waals surface area (Å²) in [5.74, 6) is 0. The summed E-state index contributed by atoms with van der Waals surface area (Å²) >= 11 is 2.24. The average Bonchev–Trinajstić information content (AvgIpc) is 2.19. The molecular formula is C10H9IN2. The molecule has 0 aliphatic carbocycles. The van der Waals surface area contributed by atoms with Crippen molar-refractivity contribution in [2.75, 3.05) is 0 Å². The van der Waals surface area contributed by atoms with Gasteiger partial charge in [-0.2, -0.15) is 0 Å². The van der Waals surface area contributed by atoms with E-state index in [9.17, 15) is 0 Å². The Morgan fingerprint density at radius 3 is 3.00 bits per heavy atom. The molecular weight excluding hydrogens is 275 g/mol. The van der Waals surface area contributed by atoms with E-state index in [-0.39, 0.29) is 0 Å². The van der Waals surface area contributed by atoms with Crippen molar-refractivity contribution in [2.45, 2.75) is 13.3 Å². The zero-order valence-corrected chi connectivity index (χ0v) is 9.45. The van der Waals surface area contributed by atoms with E-state index in [2.05, 4.69) is 45.5 Å². The molecule has 0 atom stereocenters. The van der Waals surface area contributed by atoms with Crippen molar-refractivity contribution in [3.8, 4) is 0 Å². The first-order valence-corrected chi connectivity index (χ1v) is 5.29. The monoisotopic (exact) mass is 284 g/mol. The van der Waals surface area contributed by atoms with E-state index in [1.54, 1.807) is 0 Å². The number of pyridine rings is 2. The standard InChI is InChI=1S/C10H9IN2/c1-2-7-6-13-10(11)8-4-3-5-12-9(7)8/h3-6H,2H2,1H3. The Morgan fingerprint density at radius 1 is 1.38 bits per heavy atom.